The van der Waals surface area contributed by atoms with E-state index in [1.165, 1.54) is 26.8 Å². The molecule has 1 amide bonds. The Hall–Kier alpha value is -1.83. The number of anilines is 1. The molecule has 2 aliphatic rings. The van der Waals surface area contributed by atoms with Gasteiger partial charge in [-0.15, -0.1) is 11.3 Å². The number of amides is 1. The Morgan fingerprint density at radius 1 is 1.00 bits per heavy atom. The van der Waals surface area contributed by atoms with Crippen molar-refractivity contribution in [1.82, 2.24) is 8.61 Å². The average molecular weight is 528 g/mol. The molecule has 2 saturated heterocycles. The first kappa shape index (κ1) is 25.3. The summed E-state index contributed by atoms with van der Waals surface area (Å²) in [6.07, 6.45) is 1.91. The first-order chi connectivity index (χ1) is 16.2. The number of thiophene rings is 1. The van der Waals surface area contributed by atoms with Gasteiger partial charge in [-0.1, -0.05) is 6.92 Å². The van der Waals surface area contributed by atoms with Gasteiger partial charge >= 0.3 is 0 Å². The Balaban J connectivity index is 1.36. The zero-order chi connectivity index (χ0) is 24.3. The molecule has 34 heavy (non-hydrogen) atoms. The number of rotatable bonds is 7. The topological polar surface area (TPSA) is 113 Å². The van der Waals surface area contributed by atoms with Gasteiger partial charge in [0.2, 0.25) is 15.9 Å². The Kier molecular flexibility index (Phi) is 7.75. The fourth-order valence-corrected chi connectivity index (χ4v) is 8.61. The molecular formula is C22H29N3O6S3. The molecule has 1 aromatic carbocycles. The van der Waals surface area contributed by atoms with Crippen molar-refractivity contribution >= 4 is 43.0 Å². The molecule has 0 bridgehead atoms. The number of piperidine rings is 1. The summed E-state index contributed by atoms with van der Waals surface area (Å²) in [6, 6.07) is 9.32. The second-order valence-corrected chi connectivity index (χ2v) is 13.9. The molecule has 9 nitrogen and oxygen atoms in total. The molecule has 1 aromatic heterocycles. The Bertz CT molecular complexity index is 1220. The van der Waals surface area contributed by atoms with Crippen molar-refractivity contribution in [1.29, 1.82) is 0 Å². The summed E-state index contributed by atoms with van der Waals surface area (Å²) in [4.78, 5) is 13.3. The molecule has 0 aliphatic carbocycles. The van der Waals surface area contributed by atoms with Crippen molar-refractivity contribution in [3.63, 3.8) is 0 Å². The monoisotopic (exact) mass is 527 g/mol. The van der Waals surface area contributed by atoms with Gasteiger partial charge in [0.1, 0.15) is 4.21 Å². The van der Waals surface area contributed by atoms with Crippen LogP contribution in [0.15, 0.2) is 45.5 Å². The van der Waals surface area contributed by atoms with E-state index >= 15 is 0 Å². The molecule has 186 valence electrons. The van der Waals surface area contributed by atoms with E-state index in [0.717, 1.165) is 24.2 Å². The van der Waals surface area contributed by atoms with E-state index in [4.69, 9.17) is 4.74 Å². The van der Waals surface area contributed by atoms with Crippen molar-refractivity contribution in [2.24, 2.45) is 5.92 Å². The van der Waals surface area contributed by atoms with E-state index in [1.807, 2.05) is 0 Å². The van der Waals surface area contributed by atoms with Gasteiger partial charge in [0.05, 0.1) is 24.5 Å². The number of sulfonamides is 2. The number of nitrogens with one attached hydrogen (secondary N) is 1. The second kappa shape index (κ2) is 10.4. The van der Waals surface area contributed by atoms with Crippen LogP contribution in [-0.4, -0.2) is 70.7 Å². The lowest BCUT2D eigenvalue weighted by Crippen LogP contribution is -2.40. The molecule has 3 heterocycles. The highest BCUT2D eigenvalue weighted by Crippen LogP contribution is 2.27. The summed E-state index contributed by atoms with van der Waals surface area (Å²) in [5, 5.41) is 2.75. The fourth-order valence-electron chi connectivity index (χ4n) is 4.09. The van der Waals surface area contributed by atoms with E-state index in [1.54, 1.807) is 18.2 Å². The minimum atomic E-state index is -3.59. The largest absolute Gasteiger partial charge is 0.379 e. The van der Waals surface area contributed by atoms with Crippen LogP contribution >= 0.6 is 11.3 Å². The summed E-state index contributed by atoms with van der Waals surface area (Å²) < 4.78 is 59.6. The van der Waals surface area contributed by atoms with E-state index in [2.05, 4.69) is 12.2 Å². The number of benzene rings is 1. The van der Waals surface area contributed by atoms with Gasteiger partial charge in [0.15, 0.2) is 0 Å². The summed E-state index contributed by atoms with van der Waals surface area (Å²) in [5.41, 5.74) is 0.480. The van der Waals surface area contributed by atoms with Gasteiger partial charge in [0, 0.05) is 36.7 Å². The summed E-state index contributed by atoms with van der Waals surface area (Å²) in [6.45, 7) is 4.47. The third kappa shape index (κ3) is 5.69. The third-order valence-electron chi connectivity index (χ3n) is 5.93. The molecule has 0 unspecified atom stereocenters. The lowest BCUT2D eigenvalue weighted by Gasteiger charge is -2.30. The van der Waals surface area contributed by atoms with Gasteiger partial charge in [-0.3, -0.25) is 4.79 Å². The lowest BCUT2D eigenvalue weighted by molar-refractivity contribution is -0.115. The standard InChI is InChI=1S/C22H29N3O6S3/c1-17-3-2-10-25(16-17)33(27,28)20-7-4-18(5-8-20)23-21(26)15-19-6-9-22(32-19)34(29,30)24-11-13-31-14-12-24/h4-9,17H,2-3,10-16H2,1H3,(H,23,26)/t17-/m1/s1. The molecule has 1 atom stereocenters. The predicted octanol–water partition coefficient (Wildman–Crippen LogP) is 2.37. The maximum absolute atomic E-state index is 12.9. The maximum Gasteiger partial charge on any atom is 0.252 e. The van der Waals surface area contributed by atoms with Crippen molar-refractivity contribution in [2.45, 2.75) is 35.3 Å². The number of hydrogen-bond donors (Lipinski definition) is 1. The van der Waals surface area contributed by atoms with Crippen LogP contribution in [0.1, 0.15) is 24.6 Å². The minimum Gasteiger partial charge on any atom is -0.379 e. The number of carbonyl (C=O) groups excluding carboxylic acids is 1. The number of carbonyl (C=O) groups is 1. The third-order valence-corrected chi connectivity index (χ3v) is 11.3. The number of nitrogens with zero attached hydrogens (tertiary/aromatic N) is 2. The number of morpholine rings is 1. The van der Waals surface area contributed by atoms with E-state index < -0.39 is 20.0 Å². The molecule has 0 spiro atoms. The maximum atomic E-state index is 12.9. The summed E-state index contributed by atoms with van der Waals surface area (Å²) >= 11 is 1.08. The van der Waals surface area contributed by atoms with Crippen LogP contribution in [0, 0.1) is 5.92 Å². The Labute approximate surface area is 204 Å². The Morgan fingerprint density at radius 3 is 2.38 bits per heavy atom. The fraction of sp³-hybridized carbons (Fsp3) is 0.500. The van der Waals surface area contributed by atoms with Crippen LogP contribution in [0.5, 0.6) is 0 Å². The Morgan fingerprint density at radius 2 is 1.71 bits per heavy atom. The zero-order valence-corrected chi connectivity index (χ0v) is 21.4. The molecule has 4 rings (SSSR count). The van der Waals surface area contributed by atoms with E-state index in [-0.39, 0.29) is 21.4 Å². The van der Waals surface area contributed by atoms with Crippen LogP contribution in [0.25, 0.3) is 0 Å². The molecule has 12 heteroatoms. The van der Waals surface area contributed by atoms with Gasteiger partial charge < -0.3 is 10.1 Å². The zero-order valence-electron chi connectivity index (χ0n) is 19.0. The van der Waals surface area contributed by atoms with Crippen molar-refractivity contribution in [3.8, 4) is 0 Å². The van der Waals surface area contributed by atoms with Crippen LogP contribution in [0.4, 0.5) is 5.69 Å². The molecular weight excluding hydrogens is 498 g/mol. The van der Waals surface area contributed by atoms with Gasteiger partial charge in [-0.05, 0) is 55.2 Å². The lowest BCUT2D eigenvalue weighted by atomic mass is 10.0. The average Bonchev–Trinajstić information content (AvgIpc) is 3.29. The normalized spacial score (nSPS) is 20.8. The minimum absolute atomic E-state index is 0.0228. The van der Waals surface area contributed by atoms with Crippen molar-refractivity contribution in [2.75, 3.05) is 44.7 Å². The van der Waals surface area contributed by atoms with Crippen molar-refractivity contribution < 1.29 is 26.4 Å². The van der Waals surface area contributed by atoms with Gasteiger partial charge in [-0.2, -0.15) is 8.61 Å². The SMILES string of the molecule is C[C@@H]1CCCN(S(=O)(=O)c2ccc(NC(=O)Cc3ccc(S(=O)(=O)N4CCOCC4)s3)cc2)C1. The highest BCUT2D eigenvalue weighted by atomic mass is 32.2. The van der Waals surface area contributed by atoms with Crippen molar-refractivity contribution in [3.05, 3.63) is 41.3 Å². The highest BCUT2D eigenvalue weighted by molar-refractivity contribution is 7.91. The van der Waals surface area contributed by atoms with Crippen LogP contribution < -0.4 is 5.32 Å². The molecule has 1 N–H and O–H groups in total. The first-order valence-corrected chi connectivity index (χ1v) is 14.9. The highest BCUT2D eigenvalue weighted by Gasteiger charge is 2.29. The summed E-state index contributed by atoms with van der Waals surface area (Å²) in [7, 11) is -7.14. The molecule has 2 aromatic rings. The van der Waals surface area contributed by atoms with Crippen LogP contribution in [-0.2, 0) is 36.0 Å². The molecule has 2 aliphatic heterocycles. The predicted molar refractivity (Wildman–Crippen MR) is 130 cm³/mol. The van der Waals surface area contributed by atoms with Gasteiger partial charge in [-0.25, -0.2) is 16.8 Å². The molecule has 0 saturated carbocycles. The van der Waals surface area contributed by atoms with E-state index in [0.29, 0.717) is 55.9 Å². The molecule has 0 radical (unpaired) electrons. The quantitative estimate of drug-likeness (QED) is 0.592. The number of ether oxygens (including phenoxy) is 1. The van der Waals surface area contributed by atoms with Gasteiger partial charge in [0.25, 0.3) is 10.0 Å². The second-order valence-electron chi connectivity index (χ2n) is 8.60. The molecule has 2 fully saturated rings. The number of hydrogen-bond acceptors (Lipinski definition) is 7. The summed E-state index contributed by atoms with van der Waals surface area (Å²) in [5.74, 6) is 0.0290. The van der Waals surface area contributed by atoms with Crippen LogP contribution in [0.2, 0.25) is 0 Å². The smallest absolute Gasteiger partial charge is 0.252 e. The van der Waals surface area contributed by atoms with Crippen LogP contribution in [0.3, 0.4) is 0 Å². The first-order valence-electron chi connectivity index (χ1n) is 11.2. The van der Waals surface area contributed by atoms with E-state index in [9.17, 15) is 21.6 Å².